The summed E-state index contributed by atoms with van der Waals surface area (Å²) in [6.07, 6.45) is 2.65. The van der Waals surface area contributed by atoms with Gasteiger partial charge in [-0.1, -0.05) is 12.1 Å². The fourth-order valence-electron chi connectivity index (χ4n) is 2.72. The standard InChI is InChI=1S/C15H15NO4/c17-12-2-1-3-13(18)16(12)11-6-4-10(5-7-11)15(8-9-15)14(19)20/h4-7H,1-3,8-9H2,(H,19,20). The smallest absolute Gasteiger partial charge is 0.314 e. The highest BCUT2D eigenvalue weighted by atomic mass is 16.4. The molecule has 1 aromatic carbocycles. The van der Waals surface area contributed by atoms with Gasteiger partial charge in [-0.25, -0.2) is 0 Å². The summed E-state index contributed by atoms with van der Waals surface area (Å²) in [7, 11) is 0. The molecule has 2 aliphatic rings. The van der Waals surface area contributed by atoms with E-state index < -0.39 is 11.4 Å². The van der Waals surface area contributed by atoms with Crippen LogP contribution < -0.4 is 4.90 Å². The van der Waals surface area contributed by atoms with Crippen molar-refractivity contribution in [2.75, 3.05) is 4.90 Å². The lowest BCUT2D eigenvalue weighted by Crippen LogP contribution is -2.40. The minimum absolute atomic E-state index is 0.187. The second kappa shape index (κ2) is 4.44. The number of hydrogen-bond acceptors (Lipinski definition) is 3. The first-order valence-electron chi connectivity index (χ1n) is 6.74. The molecule has 1 N–H and O–H groups in total. The summed E-state index contributed by atoms with van der Waals surface area (Å²) in [5, 5.41) is 9.24. The normalized spacial score (nSPS) is 20.9. The summed E-state index contributed by atoms with van der Waals surface area (Å²) in [6, 6.07) is 6.76. The van der Waals surface area contributed by atoms with Gasteiger partial charge in [0, 0.05) is 12.8 Å². The fourth-order valence-corrected chi connectivity index (χ4v) is 2.72. The van der Waals surface area contributed by atoms with Gasteiger partial charge >= 0.3 is 5.97 Å². The highest BCUT2D eigenvalue weighted by molar-refractivity contribution is 6.16. The number of aliphatic carboxylic acids is 1. The van der Waals surface area contributed by atoms with Gasteiger partial charge in [0.05, 0.1) is 11.1 Å². The van der Waals surface area contributed by atoms with Crippen LogP contribution in [0.15, 0.2) is 24.3 Å². The molecule has 1 heterocycles. The van der Waals surface area contributed by atoms with E-state index in [0.29, 0.717) is 37.8 Å². The quantitative estimate of drug-likeness (QED) is 0.853. The number of nitrogens with zero attached hydrogens (tertiary/aromatic N) is 1. The van der Waals surface area contributed by atoms with Crippen LogP contribution in [-0.2, 0) is 19.8 Å². The maximum absolute atomic E-state index is 11.8. The average molecular weight is 273 g/mol. The molecule has 1 aromatic rings. The van der Waals surface area contributed by atoms with Crippen LogP contribution in [0.3, 0.4) is 0 Å². The number of rotatable bonds is 3. The number of carbonyl (C=O) groups excluding carboxylic acids is 2. The minimum Gasteiger partial charge on any atom is -0.481 e. The zero-order valence-electron chi connectivity index (χ0n) is 11.0. The Balaban J connectivity index is 1.88. The molecule has 5 nitrogen and oxygen atoms in total. The molecule has 1 aliphatic carbocycles. The monoisotopic (exact) mass is 273 g/mol. The number of benzene rings is 1. The van der Waals surface area contributed by atoms with Gasteiger partial charge in [0.15, 0.2) is 0 Å². The maximum Gasteiger partial charge on any atom is 0.314 e. The van der Waals surface area contributed by atoms with Crippen molar-refractivity contribution in [1.82, 2.24) is 0 Å². The lowest BCUT2D eigenvalue weighted by atomic mass is 9.95. The van der Waals surface area contributed by atoms with Gasteiger partial charge in [-0.3, -0.25) is 19.3 Å². The largest absolute Gasteiger partial charge is 0.481 e. The molecule has 0 unspecified atom stereocenters. The third kappa shape index (κ3) is 1.90. The third-order valence-corrected chi connectivity index (χ3v) is 4.12. The van der Waals surface area contributed by atoms with E-state index >= 15 is 0 Å². The number of carboxylic acids is 1. The summed E-state index contributed by atoms with van der Waals surface area (Å²) in [5.41, 5.74) is 0.518. The molecule has 0 bridgehead atoms. The Morgan fingerprint density at radius 3 is 2.05 bits per heavy atom. The molecular weight excluding hydrogens is 258 g/mol. The molecule has 5 heteroatoms. The summed E-state index contributed by atoms with van der Waals surface area (Å²) in [5.74, 6) is -1.18. The highest BCUT2D eigenvalue weighted by Gasteiger charge is 2.51. The van der Waals surface area contributed by atoms with Gasteiger partial charge in [-0.15, -0.1) is 0 Å². The van der Waals surface area contributed by atoms with Crippen LogP contribution in [0.4, 0.5) is 5.69 Å². The Kier molecular flexibility index (Phi) is 2.85. The van der Waals surface area contributed by atoms with Gasteiger partial charge in [0.25, 0.3) is 0 Å². The molecule has 2 fully saturated rings. The molecule has 20 heavy (non-hydrogen) atoms. The Labute approximate surface area is 116 Å². The van der Waals surface area contributed by atoms with E-state index in [1.807, 2.05) is 0 Å². The van der Waals surface area contributed by atoms with Crippen LogP contribution in [-0.4, -0.2) is 22.9 Å². The summed E-state index contributed by atoms with van der Waals surface area (Å²) < 4.78 is 0. The first kappa shape index (κ1) is 12.8. The molecule has 1 saturated carbocycles. The molecule has 2 amide bonds. The Morgan fingerprint density at radius 2 is 1.60 bits per heavy atom. The van der Waals surface area contributed by atoms with Gasteiger partial charge in [0.2, 0.25) is 11.8 Å². The third-order valence-electron chi connectivity index (χ3n) is 4.12. The van der Waals surface area contributed by atoms with Gasteiger partial charge in [-0.2, -0.15) is 0 Å². The van der Waals surface area contributed by atoms with E-state index in [9.17, 15) is 19.5 Å². The lowest BCUT2D eigenvalue weighted by molar-refractivity contribution is -0.140. The summed E-state index contributed by atoms with van der Waals surface area (Å²) >= 11 is 0. The Hall–Kier alpha value is -2.17. The number of carboxylic acid groups (broad SMARTS) is 1. The minimum atomic E-state index is -0.810. The summed E-state index contributed by atoms with van der Waals surface area (Å²) in [4.78, 5) is 36.1. The van der Waals surface area contributed by atoms with Crippen LogP contribution in [0.2, 0.25) is 0 Å². The van der Waals surface area contributed by atoms with Gasteiger partial charge < -0.3 is 5.11 Å². The van der Waals surface area contributed by atoms with Crippen molar-refractivity contribution in [3.63, 3.8) is 0 Å². The van der Waals surface area contributed by atoms with E-state index in [0.717, 1.165) is 5.56 Å². The fraction of sp³-hybridized carbons (Fsp3) is 0.400. The number of carbonyl (C=O) groups is 3. The molecular formula is C15H15NO4. The zero-order chi connectivity index (χ0) is 14.3. The van der Waals surface area contributed by atoms with E-state index in [1.165, 1.54) is 4.90 Å². The van der Waals surface area contributed by atoms with Crippen LogP contribution in [0, 0.1) is 0 Å². The second-order valence-corrected chi connectivity index (χ2v) is 5.41. The molecule has 104 valence electrons. The van der Waals surface area contributed by atoms with Crippen molar-refractivity contribution >= 4 is 23.5 Å². The predicted octanol–water partition coefficient (Wildman–Crippen LogP) is 1.85. The van der Waals surface area contributed by atoms with E-state index in [2.05, 4.69) is 0 Å². The summed E-state index contributed by atoms with van der Waals surface area (Å²) in [6.45, 7) is 0. The second-order valence-electron chi connectivity index (χ2n) is 5.41. The molecule has 0 atom stereocenters. The van der Waals surface area contributed by atoms with Crippen molar-refractivity contribution in [3.05, 3.63) is 29.8 Å². The van der Waals surface area contributed by atoms with Crippen molar-refractivity contribution < 1.29 is 19.5 Å². The van der Waals surface area contributed by atoms with E-state index in [1.54, 1.807) is 24.3 Å². The number of anilines is 1. The average Bonchev–Trinajstić information content (AvgIpc) is 3.21. The topological polar surface area (TPSA) is 74.7 Å². The van der Waals surface area contributed by atoms with Crippen LogP contribution in [0.25, 0.3) is 0 Å². The van der Waals surface area contributed by atoms with Crippen molar-refractivity contribution in [2.45, 2.75) is 37.5 Å². The van der Waals surface area contributed by atoms with Crippen molar-refractivity contribution in [2.24, 2.45) is 0 Å². The van der Waals surface area contributed by atoms with E-state index in [4.69, 9.17) is 0 Å². The molecule has 0 aromatic heterocycles. The van der Waals surface area contributed by atoms with E-state index in [-0.39, 0.29) is 11.8 Å². The van der Waals surface area contributed by atoms with Crippen LogP contribution in [0.5, 0.6) is 0 Å². The SMILES string of the molecule is O=C1CCCC(=O)N1c1ccc(C2(C(=O)O)CC2)cc1. The van der Waals surface area contributed by atoms with Gasteiger partial charge in [-0.05, 0) is 37.0 Å². The first-order valence-corrected chi connectivity index (χ1v) is 6.74. The molecule has 0 spiro atoms. The Morgan fingerprint density at radius 1 is 1.05 bits per heavy atom. The molecule has 1 aliphatic heterocycles. The number of piperidine rings is 1. The number of amides is 2. The molecule has 0 radical (unpaired) electrons. The highest BCUT2D eigenvalue weighted by Crippen LogP contribution is 2.48. The lowest BCUT2D eigenvalue weighted by Gasteiger charge is -2.25. The first-order chi connectivity index (χ1) is 9.54. The number of imide groups is 1. The van der Waals surface area contributed by atoms with Gasteiger partial charge in [0.1, 0.15) is 0 Å². The zero-order valence-corrected chi connectivity index (χ0v) is 11.0. The predicted molar refractivity (Wildman–Crippen MR) is 71.3 cm³/mol. The van der Waals surface area contributed by atoms with Crippen molar-refractivity contribution in [3.8, 4) is 0 Å². The molecule has 1 saturated heterocycles. The van der Waals surface area contributed by atoms with Crippen LogP contribution >= 0.6 is 0 Å². The van der Waals surface area contributed by atoms with Crippen LogP contribution in [0.1, 0.15) is 37.7 Å². The maximum atomic E-state index is 11.8. The number of hydrogen-bond donors (Lipinski definition) is 1. The van der Waals surface area contributed by atoms with Crippen molar-refractivity contribution in [1.29, 1.82) is 0 Å². The Bertz CT molecular complexity index is 570. The molecule has 3 rings (SSSR count).